The molecule has 0 bridgehead atoms. The second-order valence-corrected chi connectivity index (χ2v) is 7.28. The average Bonchev–Trinajstić information content (AvgIpc) is 2.97. The molecule has 3 heterocycles. The van der Waals surface area contributed by atoms with Crippen molar-refractivity contribution in [3.8, 4) is 0 Å². The predicted molar refractivity (Wildman–Crippen MR) is 95.8 cm³/mol. The van der Waals surface area contributed by atoms with Gasteiger partial charge >= 0.3 is 0 Å². The fraction of sp³-hybridized carbons (Fsp3) is 0.353. The first-order valence-corrected chi connectivity index (χ1v) is 9.00. The van der Waals surface area contributed by atoms with Crippen LogP contribution in [-0.2, 0) is 6.54 Å². The van der Waals surface area contributed by atoms with Gasteiger partial charge in [0.05, 0.1) is 11.4 Å². The maximum atomic E-state index is 13.9. The Kier molecular flexibility index (Phi) is 4.22. The van der Waals surface area contributed by atoms with Crippen LogP contribution in [0.5, 0.6) is 0 Å². The van der Waals surface area contributed by atoms with E-state index in [1.165, 1.54) is 21.9 Å². The normalized spacial score (nSPS) is 15.8. The Balaban J connectivity index is 1.45. The number of hydrogen-bond acceptors (Lipinski definition) is 6. The molecule has 3 aromatic rings. The maximum Gasteiger partial charge on any atom is 0.275 e. The van der Waals surface area contributed by atoms with Gasteiger partial charge in [-0.05, 0) is 19.1 Å². The van der Waals surface area contributed by atoms with Crippen LogP contribution in [0.2, 0.25) is 0 Å². The molecular formula is C17H18FN5OS. The lowest BCUT2D eigenvalue weighted by Crippen LogP contribution is -2.46. The number of benzene rings is 1. The van der Waals surface area contributed by atoms with Crippen molar-refractivity contribution in [2.24, 2.45) is 0 Å². The molecule has 4 rings (SSSR count). The van der Waals surface area contributed by atoms with Crippen molar-refractivity contribution in [1.82, 2.24) is 19.5 Å². The zero-order chi connectivity index (χ0) is 17.4. The fourth-order valence-corrected chi connectivity index (χ4v) is 3.88. The van der Waals surface area contributed by atoms with Gasteiger partial charge in [-0.1, -0.05) is 23.5 Å². The second kappa shape index (κ2) is 6.53. The van der Waals surface area contributed by atoms with Gasteiger partial charge in [-0.25, -0.2) is 9.37 Å². The lowest BCUT2D eigenvalue weighted by Gasteiger charge is -2.36. The van der Waals surface area contributed by atoms with E-state index in [0.29, 0.717) is 17.2 Å². The minimum Gasteiger partial charge on any atom is -0.367 e. The molecule has 1 saturated heterocycles. The van der Waals surface area contributed by atoms with E-state index in [4.69, 9.17) is 0 Å². The Labute approximate surface area is 148 Å². The van der Waals surface area contributed by atoms with Gasteiger partial charge in [-0.2, -0.15) is 9.61 Å². The summed E-state index contributed by atoms with van der Waals surface area (Å²) in [6.07, 6.45) is 0. The zero-order valence-corrected chi connectivity index (χ0v) is 14.7. The number of rotatable bonds is 3. The number of para-hydroxylation sites is 1. The summed E-state index contributed by atoms with van der Waals surface area (Å²) < 4.78 is 15.3. The third-order valence-corrected chi connectivity index (χ3v) is 5.17. The van der Waals surface area contributed by atoms with E-state index in [1.807, 2.05) is 19.1 Å². The molecule has 1 fully saturated rings. The van der Waals surface area contributed by atoms with Crippen molar-refractivity contribution in [2.45, 2.75) is 13.5 Å². The predicted octanol–water partition coefficient (Wildman–Crippen LogP) is 1.92. The number of aromatic nitrogens is 3. The Morgan fingerprint density at radius 3 is 2.72 bits per heavy atom. The number of halogens is 1. The van der Waals surface area contributed by atoms with E-state index in [2.05, 4.69) is 19.9 Å². The molecule has 0 N–H and O–H groups in total. The van der Waals surface area contributed by atoms with E-state index in [-0.39, 0.29) is 11.4 Å². The Hall–Kier alpha value is -2.32. The number of piperazine rings is 1. The largest absolute Gasteiger partial charge is 0.367 e. The molecule has 6 nitrogen and oxygen atoms in total. The summed E-state index contributed by atoms with van der Waals surface area (Å²) in [6.45, 7) is 5.59. The highest BCUT2D eigenvalue weighted by atomic mass is 32.1. The topological polar surface area (TPSA) is 53.7 Å². The van der Waals surface area contributed by atoms with Crippen LogP contribution >= 0.6 is 11.3 Å². The molecule has 0 aliphatic carbocycles. The number of hydrogen-bond donors (Lipinski definition) is 0. The molecular weight excluding hydrogens is 341 g/mol. The van der Waals surface area contributed by atoms with Crippen LogP contribution in [-0.4, -0.2) is 45.7 Å². The summed E-state index contributed by atoms with van der Waals surface area (Å²) in [4.78, 5) is 21.6. The highest BCUT2D eigenvalue weighted by Crippen LogP contribution is 2.20. The number of aryl methyl sites for hydroxylation is 1. The Bertz CT molecular complexity index is 961. The molecule has 0 radical (unpaired) electrons. The van der Waals surface area contributed by atoms with Crippen molar-refractivity contribution in [1.29, 1.82) is 0 Å². The van der Waals surface area contributed by atoms with Crippen LogP contribution < -0.4 is 10.5 Å². The molecule has 8 heteroatoms. The zero-order valence-electron chi connectivity index (χ0n) is 13.9. The van der Waals surface area contributed by atoms with Gasteiger partial charge in [0.15, 0.2) is 0 Å². The summed E-state index contributed by atoms with van der Waals surface area (Å²) >= 11 is 1.41. The van der Waals surface area contributed by atoms with Crippen molar-refractivity contribution in [2.75, 3.05) is 31.1 Å². The van der Waals surface area contributed by atoms with Gasteiger partial charge in [0.1, 0.15) is 10.8 Å². The fourth-order valence-electron chi connectivity index (χ4n) is 3.12. The average molecular weight is 359 g/mol. The quantitative estimate of drug-likeness (QED) is 0.715. The maximum absolute atomic E-state index is 13.9. The van der Waals surface area contributed by atoms with Crippen LogP contribution in [0, 0.1) is 12.7 Å². The smallest absolute Gasteiger partial charge is 0.275 e. The van der Waals surface area contributed by atoms with E-state index < -0.39 is 0 Å². The molecule has 0 spiro atoms. The van der Waals surface area contributed by atoms with Gasteiger partial charge in [-0.15, -0.1) is 0 Å². The third kappa shape index (κ3) is 3.27. The molecule has 0 atom stereocenters. The third-order valence-electron chi connectivity index (χ3n) is 4.35. The summed E-state index contributed by atoms with van der Waals surface area (Å²) in [7, 11) is 0. The summed E-state index contributed by atoms with van der Waals surface area (Å²) in [5.74, 6) is -0.184. The highest BCUT2D eigenvalue weighted by Gasteiger charge is 2.20. The van der Waals surface area contributed by atoms with Crippen molar-refractivity contribution < 1.29 is 4.39 Å². The highest BCUT2D eigenvalue weighted by molar-refractivity contribution is 7.16. The molecule has 130 valence electrons. The lowest BCUT2D eigenvalue weighted by molar-refractivity contribution is 0.246. The molecule has 25 heavy (non-hydrogen) atoms. The van der Waals surface area contributed by atoms with Gasteiger partial charge in [-0.3, -0.25) is 9.69 Å². The number of anilines is 1. The standard InChI is InChI=1S/C17H18FN5OS/c1-12-20-23-16(24)10-13(19-17(23)25-12)11-21-6-8-22(9-7-21)15-5-3-2-4-14(15)18/h2-5,10H,6-9,11H2,1H3. The van der Waals surface area contributed by atoms with E-state index in [0.717, 1.165) is 36.9 Å². The van der Waals surface area contributed by atoms with Crippen LogP contribution in [0.25, 0.3) is 4.96 Å². The first-order chi connectivity index (χ1) is 12.1. The minimum atomic E-state index is -0.184. The second-order valence-electron chi connectivity index (χ2n) is 6.12. The minimum absolute atomic E-state index is 0.144. The van der Waals surface area contributed by atoms with Crippen molar-refractivity contribution >= 4 is 22.0 Å². The Morgan fingerprint density at radius 2 is 1.96 bits per heavy atom. The Morgan fingerprint density at radius 1 is 1.20 bits per heavy atom. The summed E-state index contributed by atoms with van der Waals surface area (Å²) in [5.41, 5.74) is 1.27. The monoisotopic (exact) mass is 359 g/mol. The van der Waals surface area contributed by atoms with Crippen molar-refractivity contribution in [3.05, 3.63) is 57.2 Å². The van der Waals surface area contributed by atoms with Crippen molar-refractivity contribution in [3.63, 3.8) is 0 Å². The van der Waals surface area contributed by atoms with Gasteiger partial charge in [0, 0.05) is 38.8 Å². The van der Waals surface area contributed by atoms with Gasteiger partial charge in [0.2, 0.25) is 4.96 Å². The number of fused-ring (bicyclic) bond motifs is 1. The first-order valence-electron chi connectivity index (χ1n) is 8.18. The molecule has 0 saturated carbocycles. The first kappa shape index (κ1) is 16.2. The van der Waals surface area contributed by atoms with E-state index in [9.17, 15) is 9.18 Å². The molecule has 1 aliphatic rings. The van der Waals surface area contributed by atoms with Crippen LogP contribution in [0.4, 0.5) is 10.1 Å². The summed E-state index contributed by atoms with van der Waals surface area (Å²) in [5, 5.41) is 4.98. The lowest BCUT2D eigenvalue weighted by atomic mass is 10.2. The van der Waals surface area contributed by atoms with Crippen LogP contribution in [0.15, 0.2) is 35.1 Å². The summed E-state index contributed by atoms with van der Waals surface area (Å²) in [6, 6.07) is 8.42. The SMILES string of the molecule is Cc1nn2c(=O)cc(CN3CCN(c4ccccc4F)CC3)nc2s1. The molecule has 1 aliphatic heterocycles. The van der Waals surface area contributed by atoms with E-state index in [1.54, 1.807) is 12.1 Å². The van der Waals surface area contributed by atoms with Gasteiger partial charge in [0.25, 0.3) is 5.56 Å². The molecule has 1 aromatic carbocycles. The molecule has 0 unspecified atom stereocenters. The molecule has 2 aromatic heterocycles. The van der Waals surface area contributed by atoms with E-state index >= 15 is 0 Å². The van der Waals surface area contributed by atoms with Crippen LogP contribution in [0.1, 0.15) is 10.7 Å². The van der Waals surface area contributed by atoms with Crippen LogP contribution in [0.3, 0.4) is 0 Å². The number of nitrogens with zero attached hydrogens (tertiary/aromatic N) is 5. The molecule has 0 amide bonds. The van der Waals surface area contributed by atoms with Gasteiger partial charge < -0.3 is 4.90 Å².